The number of rotatable bonds is 5. The average Bonchev–Trinajstić information content (AvgIpc) is 2.93. The molecule has 0 atom stereocenters. The van der Waals surface area contributed by atoms with E-state index in [4.69, 9.17) is 4.74 Å². The highest BCUT2D eigenvalue weighted by Gasteiger charge is 2.19. The lowest BCUT2D eigenvalue weighted by atomic mass is 10.3. The molecule has 1 aliphatic heterocycles. The van der Waals surface area contributed by atoms with Crippen LogP contribution in [-0.2, 0) is 0 Å². The molecule has 2 heterocycles. The second-order valence-corrected chi connectivity index (χ2v) is 5.55. The SMILES string of the molecule is COc1ccsc1C(=O)N(C)CCN1CCNCC1. The van der Waals surface area contributed by atoms with Crippen LogP contribution >= 0.6 is 11.3 Å². The molecule has 19 heavy (non-hydrogen) atoms. The number of methoxy groups -OCH3 is 1. The topological polar surface area (TPSA) is 44.8 Å². The summed E-state index contributed by atoms with van der Waals surface area (Å²) in [5.74, 6) is 0.714. The molecular formula is C13H21N3O2S. The Balaban J connectivity index is 1.85. The Hall–Kier alpha value is -1.11. The second-order valence-electron chi connectivity index (χ2n) is 4.64. The summed E-state index contributed by atoms with van der Waals surface area (Å²) in [5.41, 5.74) is 0. The molecular weight excluding hydrogens is 262 g/mol. The van der Waals surface area contributed by atoms with Crippen LogP contribution in [0.15, 0.2) is 11.4 Å². The van der Waals surface area contributed by atoms with E-state index in [-0.39, 0.29) is 5.91 Å². The molecule has 0 radical (unpaired) electrons. The molecule has 5 nitrogen and oxygen atoms in total. The Morgan fingerprint density at radius 3 is 2.95 bits per heavy atom. The van der Waals surface area contributed by atoms with E-state index in [2.05, 4.69) is 10.2 Å². The number of likely N-dealkylation sites (N-methyl/N-ethyl adjacent to an activating group) is 1. The Morgan fingerprint density at radius 1 is 1.53 bits per heavy atom. The van der Waals surface area contributed by atoms with Gasteiger partial charge in [-0.15, -0.1) is 11.3 Å². The van der Waals surface area contributed by atoms with E-state index in [1.165, 1.54) is 11.3 Å². The normalized spacial score (nSPS) is 16.3. The number of piperazine rings is 1. The molecule has 0 spiro atoms. The maximum atomic E-state index is 12.3. The van der Waals surface area contributed by atoms with Crippen LogP contribution in [0.5, 0.6) is 5.75 Å². The minimum absolute atomic E-state index is 0.0435. The van der Waals surface area contributed by atoms with Crippen molar-refractivity contribution in [2.24, 2.45) is 0 Å². The first-order chi connectivity index (χ1) is 9.22. The zero-order valence-corrected chi connectivity index (χ0v) is 12.3. The van der Waals surface area contributed by atoms with Gasteiger partial charge >= 0.3 is 0 Å². The lowest BCUT2D eigenvalue weighted by Crippen LogP contribution is -2.46. The van der Waals surface area contributed by atoms with Gasteiger partial charge in [-0.25, -0.2) is 0 Å². The molecule has 1 saturated heterocycles. The third kappa shape index (κ3) is 3.68. The molecule has 1 amide bonds. The third-order valence-electron chi connectivity index (χ3n) is 3.35. The summed E-state index contributed by atoms with van der Waals surface area (Å²) < 4.78 is 5.20. The van der Waals surface area contributed by atoms with Crippen molar-refractivity contribution in [3.63, 3.8) is 0 Å². The Kier molecular flexibility index (Phi) is 5.18. The van der Waals surface area contributed by atoms with Crippen LogP contribution in [0.2, 0.25) is 0 Å². The van der Waals surface area contributed by atoms with Crippen molar-refractivity contribution < 1.29 is 9.53 Å². The van der Waals surface area contributed by atoms with Crippen LogP contribution in [0.1, 0.15) is 9.67 Å². The molecule has 1 aromatic heterocycles. The van der Waals surface area contributed by atoms with E-state index in [0.717, 1.165) is 39.3 Å². The van der Waals surface area contributed by atoms with Crippen molar-refractivity contribution in [2.75, 3.05) is 53.4 Å². The largest absolute Gasteiger partial charge is 0.495 e. The van der Waals surface area contributed by atoms with E-state index >= 15 is 0 Å². The van der Waals surface area contributed by atoms with Gasteiger partial charge in [-0.2, -0.15) is 0 Å². The minimum atomic E-state index is 0.0435. The molecule has 0 bridgehead atoms. The molecule has 1 aromatic rings. The highest BCUT2D eigenvalue weighted by molar-refractivity contribution is 7.12. The Morgan fingerprint density at radius 2 is 2.26 bits per heavy atom. The van der Waals surface area contributed by atoms with E-state index in [1.807, 2.05) is 18.5 Å². The Labute approximate surface area is 118 Å². The average molecular weight is 283 g/mol. The number of ether oxygens (including phenoxy) is 1. The van der Waals surface area contributed by atoms with Gasteiger partial charge in [0.05, 0.1) is 7.11 Å². The van der Waals surface area contributed by atoms with Crippen LogP contribution < -0.4 is 10.1 Å². The molecule has 1 aliphatic rings. The first-order valence-corrected chi connectivity index (χ1v) is 7.40. The van der Waals surface area contributed by atoms with Gasteiger partial charge in [0.25, 0.3) is 5.91 Å². The summed E-state index contributed by atoms with van der Waals surface area (Å²) in [7, 11) is 3.45. The monoisotopic (exact) mass is 283 g/mol. The second kappa shape index (κ2) is 6.88. The van der Waals surface area contributed by atoms with Crippen molar-refractivity contribution in [1.29, 1.82) is 0 Å². The lowest BCUT2D eigenvalue weighted by molar-refractivity contribution is 0.0776. The fourth-order valence-electron chi connectivity index (χ4n) is 2.12. The third-order valence-corrected chi connectivity index (χ3v) is 4.23. The predicted molar refractivity (Wildman–Crippen MR) is 77.1 cm³/mol. The molecule has 106 valence electrons. The highest BCUT2D eigenvalue weighted by Crippen LogP contribution is 2.25. The van der Waals surface area contributed by atoms with Crippen LogP contribution in [0, 0.1) is 0 Å². The number of hydrogen-bond acceptors (Lipinski definition) is 5. The van der Waals surface area contributed by atoms with Crippen molar-refractivity contribution >= 4 is 17.2 Å². The highest BCUT2D eigenvalue weighted by atomic mass is 32.1. The van der Waals surface area contributed by atoms with Gasteiger partial charge in [0, 0.05) is 46.3 Å². The summed E-state index contributed by atoms with van der Waals surface area (Å²) in [4.78, 5) is 17.1. The molecule has 0 aromatic carbocycles. The van der Waals surface area contributed by atoms with Crippen LogP contribution in [0.4, 0.5) is 0 Å². The van der Waals surface area contributed by atoms with E-state index < -0.39 is 0 Å². The van der Waals surface area contributed by atoms with Gasteiger partial charge in [-0.05, 0) is 11.4 Å². The number of amides is 1. The fraction of sp³-hybridized carbons (Fsp3) is 0.615. The number of nitrogens with zero attached hydrogens (tertiary/aromatic N) is 2. The van der Waals surface area contributed by atoms with Crippen molar-refractivity contribution in [3.05, 3.63) is 16.3 Å². The van der Waals surface area contributed by atoms with Crippen LogP contribution in [0.3, 0.4) is 0 Å². The quantitative estimate of drug-likeness (QED) is 0.865. The van der Waals surface area contributed by atoms with Crippen molar-refractivity contribution in [1.82, 2.24) is 15.1 Å². The first kappa shape index (κ1) is 14.3. The number of hydrogen-bond donors (Lipinski definition) is 1. The number of nitrogens with one attached hydrogen (secondary N) is 1. The molecule has 2 rings (SSSR count). The summed E-state index contributed by atoms with van der Waals surface area (Å²) in [6, 6.07) is 1.84. The van der Waals surface area contributed by atoms with E-state index in [0.29, 0.717) is 10.6 Å². The zero-order chi connectivity index (χ0) is 13.7. The predicted octanol–water partition coefficient (Wildman–Crippen LogP) is 0.734. The van der Waals surface area contributed by atoms with Crippen molar-refractivity contribution in [3.8, 4) is 5.75 Å². The van der Waals surface area contributed by atoms with Gasteiger partial charge in [0.15, 0.2) is 0 Å². The Bertz CT molecular complexity index is 416. The number of carbonyl (C=O) groups excluding carboxylic acids is 1. The van der Waals surface area contributed by atoms with Gasteiger partial charge in [-0.3, -0.25) is 9.69 Å². The molecule has 1 N–H and O–H groups in total. The van der Waals surface area contributed by atoms with E-state index in [9.17, 15) is 4.79 Å². The molecule has 6 heteroatoms. The molecule has 1 fully saturated rings. The fourth-order valence-corrected chi connectivity index (χ4v) is 2.97. The summed E-state index contributed by atoms with van der Waals surface area (Å²) >= 11 is 1.43. The molecule has 0 aliphatic carbocycles. The zero-order valence-electron chi connectivity index (χ0n) is 11.5. The lowest BCUT2D eigenvalue weighted by Gasteiger charge is -2.29. The molecule has 0 unspecified atom stereocenters. The molecule has 0 saturated carbocycles. The first-order valence-electron chi connectivity index (χ1n) is 6.52. The van der Waals surface area contributed by atoms with Crippen molar-refractivity contribution in [2.45, 2.75) is 0 Å². The van der Waals surface area contributed by atoms with Crippen LogP contribution in [-0.4, -0.2) is 69.1 Å². The summed E-state index contributed by atoms with van der Waals surface area (Å²) in [5, 5.41) is 5.21. The van der Waals surface area contributed by atoms with Gasteiger partial charge in [0.2, 0.25) is 0 Å². The van der Waals surface area contributed by atoms with Crippen LogP contribution in [0.25, 0.3) is 0 Å². The number of carbonyl (C=O) groups is 1. The van der Waals surface area contributed by atoms with E-state index in [1.54, 1.807) is 12.0 Å². The maximum absolute atomic E-state index is 12.3. The minimum Gasteiger partial charge on any atom is -0.495 e. The van der Waals surface area contributed by atoms with Gasteiger partial charge in [0.1, 0.15) is 10.6 Å². The number of thiophene rings is 1. The van der Waals surface area contributed by atoms with Gasteiger partial charge in [-0.1, -0.05) is 0 Å². The summed E-state index contributed by atoms with van der Waals surface area (Å²) in [6.45, 7) is 5.87. The van der Waals surface area contributed by atoms with Gasteiger partial charge < -0.3 is 15.0 Å². The smallest absolute Gasteiger partial charge is 0.267 e. The summed E-state index contributed by atoms with van der Waals surface area (Å²) in [6.07, 6.45) is 0. The maximum Gasteiger partial charge on any atom is 0.267 e. The standard InChI is InChI=1S/C13H21N3O2S/c1-15(8-9-16-6-4-14-5-7-16)13(17)12-11(18-2)3-10-19-12/h3,10,14H,4-9H2,1-2H3.